The molecule has 16 heavy (non-hydrogen) atoms. The molecule has 0 unspecified atom stereocenters. The normalized spacial score (nSPS) is 10.6. The SMILES string of the molecule is COS(=O)(=O)[O-].C[n+]1cc(Cl)cc(Cl)c1N. The van der Waals surface area contributed by atoms with Gasteiger partial charge in [-0.2, -0.15) is 0 Å². The van der Waals surface area contributed by atoms with Crippen molar-refractivity contribution < 1.29 is 21.7 Å². The predicted molar refractivity (Wildman–Crippen MR) is 58.8 cm³/mol. The summed E-state index contributed by atoms with van der Waals surface area (Å²) in [6, 6.07) is 1.61. The van der Waals surface area contributed by atoms with Crippen molar-refractivity contribution in [2.45, 2.75) is 0 Å². The van der Waals surface area contributed by atoms with Crippen molar-refractivity contribution in [1.82, 2.24) is 0 Å². The van der Waals surface area contributed by atoms with Crippen LogP contribution in [0.15, 0.2) is 12.3 Å². The largest absolute Gasteiger partial charge is 0.726 e. The molecular weight excluding hydrogens is 279 g/mol. The van der Waals surface area contributed by atoms with Gasteiger partial charge in [-0.3, -0.25) is 9.92 Å². The lowest BCUT2D eigenvalue weighted by Gasteiger charge is -1.98. The third kappa shape index (κ3) is 6.09. The van der Waals surface area contributed by atoms with Crippen LogP contribution in [0.4, 0.5) is 5.82 Å². The van der Waals surface area contributed by atoms with Crippen LogP contribution in [0.25, 0.3) is 0 Å². The molecule has 0 radical (unpaired) electrons. The van der Waals surface area contributed by atoms with Gasteiger partial charge in [0.1, 0.15) is 11.2 Å². The fourth-order valence-corrected chi connectivity index (χ4v) is 1.22. The Morgan fingerprint density at radius 2 is 1.94 bits per heavy atom. The monoisotopic (exact) mass is 288 g/mol. The summed E-state index contributed by atoms with van der Waals surface area (Å²) in [4.78, 5) is 0. The highest BCUT2D eigenvalue weighted by atomic mass is 35.5. The van der Waals surface area contributed by atoms with E-state index in [0.29, 0.717) is 15.9 Å². The number of aryl methyl sites for hydroxylation is 1. The summed E-state index contributed by atoms with van der Waals surface area (Å²) in [7, 11) is -1.82. The summed E-state index contributed by atoms with van der Waals surface area (Å²) in [6.45, 7) is 0. The molecule has 1 heterocycles. The van der Waals surface area contributed by atoms with Gasteiger partial charge in [0.25, 0.3) is 5.82 Å². The van der Waals surface area contributed by atoms with E-state index >= 15 is 0 Å². The Morgan fingerprint density at radius 1 is 1.50 bits per heavy atom. The average Bonchev–Trinajstić information content (AvgIpc) is 2.14. The van der Waals surface area contributed by atoms with E-state index in [9.17, 15) is 13.0 Å². The van der Waals surface area contributed by atoms with Crippen molar-refractivity contribution in [1.29, 1.82) is 0 Å². The molecule has 0 spiro atoms. The van der Waals surface area contributed by atoms with Crippen LogP contribution in [0.3, 0.4) is 0 Å². The lowest BCUT2D eigenvalue weighted by molar-refractivity contribution is -0.656. The van der Waals surface area contributed by atoms with Gasteiger partial charge in [-0.25, -0.2) is 13.0 Å². The van der Waals surface area contributed by atoms with Gasteiger partial charge in [0.05, 0.1) is 19.2 Å². The zero-order valence-electron chi connectivity index (χ0n) is 8.48. The first-order chi connectivity index (χ1) is 7.17. The summed E-state index contributed by atoms with van der Waals surface area (Å²) in [6.07, 6.45) is 1.70. The van der Waals surface area contributed by atoms with Crippen LogP contribution >= 0.6 is 23.2 Å². The van der Waals surface area contributed by atoms with Crippen LogP contribution in [0.5, 0.6) is 0 Å². The molecule has 9 heteroatoms. The second-order valence-electron chi connectivity index (χ2n) is 2.58. The van der Waals surface area contributed by atoms with E-state index in [1.807, 2.05) is 0 Å². The number of hydrogen-bond donors (Lipinski definition) is 1. The number of nitrogens with zero attached hydrogens (tertiary/aromatic N) is 1. The van der Waals surface area contributed by atoms with Gasteiger partial charge in [-0.1, -0.05) is 23.2 Å². The van der Waals surface area contributed by atoms with E-state index in [1.54, 1.807) is 23.9 Å². The van der Waals surface area contributed by atoms with E-state index in [2.05, 4.69) is 4.18 Å². The number of rotatable bonds is 1. The van der Waals surface area contributed by atoms with E-state index in [4.69, 9.17) is 28.9 Å². The lowest BCUT2D eigenvalue weighted by atomic mass is 10.4. The molecule has 0 aromatic carbocycles. The highest BCUT2D eigenvalue weighted by Gasteiger charge is 2.06. The molecule has 0 saturated carbocycles. The van der Waals surface area contributed by atoms with Gasteiger partial charge in [0.15, 0.2) is 0 Å². The minimum absolute atomic E-state index is 0.481. The molecule has 0 fully saturated rings. The number of pyridine rings is 1. The molecule has 0 saturated heterocycles. The minimum atomic E-state index is -4.41. The molecule has 1 rings (SSSR count). The van der Waals surface area contributed by atoms with E-state index < -0.39 is 10.4 Å². The van der Waals surface area contributed by atoms with Crippen molar-refractivity contribution in [3.05, 3.63) is 22.3 Å². The molecule has 0 aliphatic heterocycles. The van der Waals surface area contributed by atoms with E-state index in [0.717, 1.165) is 7.11 Å². The Bertz CT molecular complexity index is 440. The lowest BCUT2D eigenvalue weighted by Crippen LogP contribution is -2.31. The van der Waals surface area contributed by atoms with Gasteiger partial charge >= 0.3 is 0 Å². The fourth-order valence-electron chi connectivity index (χ4n) is 0.655. The molecule has 0 amide bonds. The van der Waals surface area contributed by atoms with E-state index in [1.165, 1.54) is 0 Å². The summed E-state index contributed by atoms with van der Waals surface area (Å²) >= 11 is 11.4. The molecule has 2 N–H and O–H groups in total. The summed E-state index contributed by atoms with van der Waals surface area (Å²) < 4.78 is 32.7. The number of aromatic nitrogens is 1. The zero-order chi connectivity index (χ0) is 12.9. The van der Waals surface area contributed by atoms with Crippen molar-refractivity contribution >= 4 is 39.4 Å². The second-order valence-corrected chi connectivity index (χ2v) is 4.57. The maximum absolute atomic E-state index is 9.22. The molecule has 0 atom stereocenters. The number of nitrogen functional groups attached to an aromatic ring is 1. The van der Waals surface area contributed by atoms with Crippen LogP contribution < -0.4 is 10.3 Å². The minimum Gasteiger partial charge on any atom is -0.726 e. The molecule has 1 aromatic rings. The highest BCUT2D eigenvalue weighted by molar-refractivity contribution is 7.80. The number of halogens is 2. The van der Waals surface area contributed by atoms with Crippen molar-refractivity contribution in [2.75, 3.05) is 12.8 Å². The Balaban J connectivity index is 0.000000325. The van der Waals surface area contributed by atoms with Gasteiger partial charge in [0.2, 0.25) is 10.4 Å². The smallest absolute Gasteiger partial charge is 0.291 e. The van der Waals surface area contributed by atoms with Crippen molar-refractivity contribution in [3.63, 3.8) is 0 Å². The summed E-state index contributed by atoms with van der Waals surface area (Å²) in [5.74, 6) is 0.520. The summed E-state index contributed by atoms with van der Waals surface area (Å²) in [5, 5.41) is 1.07. The Kier molecular flexibility index (Phi) is 5.98. The maximum atomic E-state index is 9.22. The fraction of sp³-hybridized carbons (Fsp3) is 0.286. The molecule has 0 bridgehead atoms. The van der Waals surface area contributed by atoms with Gasteiger partial charge in [-0.15, -0.1) is 0 Å². The highest BCUT2D eigenvalue weighted by Crippen LogP contribution is 2.17. The van der Waals surface area contributed by atoms with Crippen LogP contribution in [0, 0.1) is 0 Å². The Hall–Kier alpha value is -0.600. The Labute approximate surface area is 103 Å². The Morgan fingerprint density at radius 3 is 2.25 bits per heavy atom. The standard InChI is InChI=1S/C6H6Cl2N2.CH4O4S/c1-10-3-4(7)2-5(8)6(10)9;1-5-6(2,3)4/h2-3,9H,1H3;1H3,(H,2,3,4). The topological polar surface area (TPSA) is 96.3 Å². The molecule has 6 nitrogen and oxygen atoms in total. The van der Waals surface area contributed by atoms with Gasteiger partial charge in [0, 0.05) is 0 Å². The first-order valence-electron chi connectivity index (χ1n) is 3.79. The first kappa shape index (κ1) is 15.4. The average molecular weight is 289 g/mol. The maximum Gasteiger partial charge on any atom is 0.291 e. The second kappa shape index (κ2) is 6.21. The van der Waals surface area contributed by atoms with Crippen LogP contribution in [-0.2, 0) is 21.6 Å². The van der Waals surface area contributed by atoms with Crippen LogP contribution in [0.1, 0.15) is 0 Å². The summed E-state index contributed by atoms with van der Waals surface area (Å²) in [5.41, 5.74) is 5.52. The van der Waals surface area contributed by atoms with Crippen molar-refractivity contribution in [3.8, 4) is 0 Å². The van der Waals surface area contributed by atoms with Gasteiger partial charge in [-0.05, 0) is 6.07 Å². The van der Waals surface area contributed by atoms with E-state index in [-0.39, 0.29) is 0 Å². The van der Waals surface area contributed by atoms with Gasteiger partial charge < -0.3 is 4.55 Å². The third-order valence-corrected chi connectivity index (χ3v) is 2.33. The number of hydrogen-bond acceptors (Lipinski definition) is 5. The van der Waals surface area contributed by atoms with Crippen LogP contribution in [0.2, 0.25) is 10.0 Å². The van der Waals surface area contributed by atoms with Crippen molar-refractivity contribution in [2.24, 2.45) is 7.05 Å². The zero-order valence-corrected chi connectivity index (χ0v) is 10.8. The molecule has 0 aliphatic carbocycles. The quantitative estimate of drug-likeness (QED) is 0.461. The first-order valence-corrected chi connectivity index (χ1v) is 5.88. The molecule has 92 valence electrons. The number of nitrogens with two attached hydrogens (primary N) is 1. The molecular formula is C7H10Cl2N2O4S. The number of anilines is 1. The molecule has 0 aliphatic rings. The predicted octanol–water partition coefficient (Wildman–Crippen LogP) is 0.493. The molecule has 1 aromatic heterocycles. The van der Waals surface area contributed by atoms with Crippen LogP contribution in [-0.4, -0.2) is 20.1 Å². The third-order valence-electron chi connectivity index (χ3n) is 1.41.